The third kappa shape index (κ3) is 2.91. The summed E-state index contributed by atoms with van der Waals surface area (Å²) in [6, 6.07) is 12.5. The highest BCUT2D eigenvalue weighted by Gasteiger charge is 2.13. The summed E-state index contributed by atoms with van der Waals surface area (Å²) < 4.78 is 11.9. The van der Waals surface area contributed by atoms with Gasteiger partial charge in [-0.3, -0.25) is 9.59 Å². The fourth-order valence-electron chi connectivity index (χ4n) is 2.92. The van der Waals surface area contributed by atoms with Crippen LogP contribution in [0.1, 0.15) is 6.92 Å². The summed E-state index contributed by atoms with van der Waals surface area (Å²) in [4.78, 5) is 30.8. The summed E-state index contributed by atoms with van der Waals surface area (Å²) in [5, 5.41) is 4.02. The Bertz CT molecular complexity index is 1240. The van der Waals surface area contributed by atoms with Crippen molar-refractivity contribution in [2.45, 2.75) is 13.5 Å². The van der Waals surface area contributed by atoms with E-state index in [0.717, 1.165) is 11.3 Å². The summed E-state index contributed by atoms with van der Waals surface area (Å²) in [5.74, 6) is 1.50. The molecule has 0 saturated carbocycles. The number of fused-ring (bicyclic) bond motifs is 1. The van der Waals surface area contributed by atoms with E-state index in [0.29, 0.717) is 34.9 Å². The summed E-state index contributed by atoms with van der Waals surface area (Å²) in [7, 11) is 1.60. The number of hydrogen-bond donors (Lipinski definition) is 1. The molecule has 0 aliphatic heterocycles. The van der Waals surface area contributed by atoms with E-state index >= 15 is 0 Å². The fraction of sp³-hybridized carbons (Fsp3) is 0.158. The largest absolute Gasteiger partial charge is 0.497 e. The van der Waals surface area contributed by atoms with Crippen molar-refractivity contribution in [2.75, 3.05) is 7.11 Å². The molecule has 0 fully saturated rings. The normalized spacial score (nSPS) is 11.0. The Balaban J connectivity index is 1.76. The minimum Gasteiger partial charge on any atom is -0.497 e. The van der Waals surface area contributed by atoms with Crippen LogP contribution in [0.5, 0.6) is 5.75 Å². The number of hydrogen-bond acceptors (Lipinski definition) is 6. The summed E-state index contributed by atoms with van der Waals surface area (Å²) in [5.41, 5.74) is 1.39. The molecule has 0 unspecified atom stereocenters. The van der Waals surface area contributed by atoms with Crippen LogP contribution in [0.4, 0.5) is 0 Å². The first-order valence-corrected chi connectivity index (χ1v) is 8.36. The fourth-order valence-corrected chi connectivity index (χ4v) is 2.92. The summed E-state index contributed by atoms with van der Waals surface area (Å²) in [6.07, 6.45) is 0. The lowest BCUT2D eigenvalue weighted by molar-refractivity contribution is 0.414. The molecule has 0 saturated heterocycles. The highest BCUT2D eigenvalue weighted by molar-refractivity contribution is 5.80. The van der Waals surface area contributed by atoms with Crippen LogP contribution in [0, 0.1) is 0 Å². The van der Waals surface area contributed by atoms with Crippen LogP contribution in [-0.4, -0.2) is 26.8 Å². The van der Waals surface area contributed by atoms with Crippen LogP contribution < -0.4 is 15.9 Å². The van der Waals surface area contributed by atoms with E-state index in [1.807, 2.05) is 31.2 Å². The molecule has 0 aliphatic rings. The minimum absolute atomic E-state index is 0.375. The molecule has 0 radical (unpaired) electrons. The van der Waals surface area contributed by atoms with E-state index in [-0.39, 0.29) is 0 Å². The van der Waals surface area contributed by atoms with Crippen molar-refractivity contribution in [3.63, 3.8) is 0 Å². The highest BCUT2D eigenvalue weighted by atomic mass is 16.5. The van der Waals surface area contributed by atoms with Crippen LogP contribution >= 0.6 is 0 Å². The Morgan fingerprint density at radius 3 is 2.56 bits per heavy atom. The van der Waals surface area contributed by atoms with Gasteiger partial charge in [0, 0.05) is 17.7 Å². The van der Waals surface area contributed by atoms with Crippen molar-refractivity contribution in [2.24, 2.45) is 0 Å². The first-order valence-electron chi connectivity index (χ1n) is 8.36. The molecule has 136 valence electrons. The maximum Gasteiger partial charge on any atom is 0.316 e. The van der Waals surface area contributed by atoms with Crippen molar-refractivity contribution in [1.29, 1.82) is 0 Å². The molecule has 0 amide bonds. The first kappa shape index (κ1) is 16.8. The Kier molecular flexibility index (Phi) is 4.08. The molecule has 2 aromatic carbocycles. The Morgan fingerprint density at radius 2 is 1.85 bits per heavy atom. The Labute approximate surface area is 153 Å². The van der Waals surface area contributed by atoms with Gasteiger partial charge in [0.1, 0.15) is 5.75 Å². The predicted octanol–water partition coefficient (Wildman–Crippen LogP) is 2.44. The monoisotopic (exact) mass is 364 g/mol. The van der Waals surface area contributed by atoms with Crippen molar-refractivity contribution in [3.05, 3.63) is 63.2 Å². The lowest BCUT2D eigenvalue weighted by atomic mass is 10.1. The second-order valence-corrected chi connectivity index (χ2v) is 5.89. The average Bonchev–Trinajstić information content (AvgIpc) is 3.19. The molecule has 27 heavy (non-hydrogen) atoms. The van der Waals surface area contributed by atoms with Gasteiger partial charge in [0.15, 0.2) is 0 Å². The topological polar surface area (TPSA) is 103 Å². The summed E-state index contributed by atoms with van der Waals surface area (Å²) >= 11 is 0. The van der Waals surface area contributed by atoms with Gasteiger partial charge in [0.25, 0.3) is 5.89 Å². The van der Waals surface area contributed by atoms with Crippen molar-refractivity contribution in [3.8, 4) is 28.6 Å². The quantitative estimate of drug-likeness (QED) is 0.558. The van der Waals surface area contributed by atoms with Gasteiger partial charge < -0.3 is 18.8 Å². The third-order valence-electron chi connectivity index (χ3n) is 4.31. The lowest BCUT2D eigenvalue weighted by Crippen LogP contribution is -2.35. The molecular formula is C19H16N4O4. The van der Waals surface area contributed by atoms with Gasteiger partial charge in [-0.25, -0.2) is 0 Å². The van der Waals surface area contributed by atoms with Gasteiger partial charge in [-0.05, 0) is 49.4 Å². The molecule has 4 aromatic rings. The molecule has 0 atom stereocenters. The molecule has 2 aromatic heterocycles. The molecule has 2 heterocycles. The Hall–Kier alpha value is -3.68. The van der Waals surface area contributed by atoms with Gasteiger partial charge in [0.05, 0.1) is 18.1 Å². The number of H-pyrrole nitrogens is 1. The van der Waals surface area contributed by atoms with Crippen LogP contribution in [0.2, 0.25) is 0 Å². The zero-order valence-corrected chi connectivity index (χ0v) is 14.7. The number of ether oxygens (including phenoxy) is 1. The zero-order valence-electron chi connectivity index (χ0n) is 14.7. The molecule has 0 bridgehead atoms. The van der Waals surface area contributed by atoms with Gasteiger partial charge in [-0.1, -0.05) is 5.16 Å². The second-order valence-electron chi connectivity index (χ2n) is 5.89. The maximum atomic E-state index is 11.9. The van der Waals surface area contributed by atoms with Crippen LogP contribution in [0.3, 0.4) is 0 Å². The van der Waals surface area contributed by atoms with E-state index in [2.05, 4.69) is 15.1 Å². The Morgan fingerprint density at radius 1 is 1.11 bits per heavy atom. The van der Waals surface area contributed by atoms with E-state index < -0.39 is 11.1 Å². The number of benzene rings is 2. The third-order valence-corrected chi connectivity index (χ3v) is 4.31. The first-order chi connectivity index (χ1) is 13.1. The minimum atomic E-state index is -0.659. The standard InChI is InChI=1S/C19H16N4O4/c1-3-23-15-9-6-12(10-14(15)20-17(24)19(23)25)16-21-18(27-22-16)11-4-7-13(26-2)8-5-11/h4-10H,3H2,1-2H3,(H,20,24). The van der Waals surface area contributed by atoms with Crippen molar-refractivity contribution < 1.29 is 9.26 Å². The van der Waals surface area contributed by atoms with Crippen molar-refractivity contribution in [1.82, 2.24) is 19.7 Å². The van der Waals surface area contributed by atoms with Gasteiger partial charge in [-0.2, -0.15) is 4.98 Å². The van der Waals surface area contributed by atoms with Crippen LogP contribution in [0.15, 0.2) is 56.6 Å². The lowest BCUT2D eigenvalue weighted by Gasteiger charge is -2.07. The molecular weight excluding hydrogens is 348 g/mol. The summed E-state index contributed by atoms with van der Waals surface area (Å²) in [6.45, 7) is 2.22. The van der Waals surface area contributed by atoms with E-state index in [4.69, 9.17) is 9.26 Å². The molecule has 4 rings (SSSR count). The number of nitrogens with one attached hydrogen (secondary N) is 1. The van der Waals surface area contributed by atoms with Gasteiger partial charge in [-0.15, -0.1) is 0 Å². The highest BCUT2D eigenvalue weighted by Crippen LogP contribution is 2.25. The number of methoxy groups -OCH3 is 1. The maximum absolute atomic E-state index is 11.9. The molecule has 8 nitrogen and oxygen atoms in total. The SMILES string of the molecule is CCn1c(=O)c(=O)[nH]c2cc(-c3noc(-c4ccc(OC)cc4)n3)ccc21. The van der Waals surface area contributed by atoms with E-state index in [1.165, 1.54) is 4.57 Å². The molecule has 0 spiro atoms. The molecule has 1 N–H and O–H groups in total. The van der Waals surface area contributed by atoms with E-state index in [9.17, 15) is 9.59 Å². The number of aromatic amines is 1. The van der Waals surface area contributed by atoms with Gasteiger partial charge >= 0.3 is 11.1 Å². The molecule has 8 heteroatoms. The van der Waals surface area contributed by atoms with Crippen molar-refractivity contribution >= 4 is 11.0 Å². The van der Waals surface area contributed by atoms with Crippen LogP contribution in [0.25, 0.3) is 33.9 Å². The van der Waals surface area contributed by atoms with Gasteiger partial charge in [0.2, 0.25) is 5.82 Å². The zero-order chi connectivity index (χ0) is 19.0. The molecule has 0 aliphatic carbocycles. The smallest absolute Gasteiger partial charge is 0.316 e. The second kappa shape index (κ2) is 6.56. The predicted molar refractivity (Wildman–Crippen MR) is 99.8 cm³/mol. The van der Waals surface area contributed by atoms with E-state index in [1.54, 1.807) is 25.3 Å². The number of rotatable bonds is 4. The number of aromatic nitrogens is 4. The van der Waals surface area contributed by atoms with Crippen LogP contribution in [-0.2, 0) is 6.54 Å². The average molecular weight is 364 g/mol. The number of nitrogens with zero attached hydrogens (tertiary/aromatic N) is 3. The number of aryl methyl sites for hydroxylation is 1.